The third kappa shape index (κ3) is 2.58. The van der Waals surface area contributed by atoms with Crippen LogP contribution in [0.15, 0.2) is 12.3 Å². The number of aromatic nitrogens is 2. The molecule has 20 heavy (non-hydrogen) atoms. The van der Waals surface area contributed by atoms with Crippen molar-refractivity contribution in [3.63, 3.8) is 0 Å². The fraction of sp³-hybridized carbons (Fsp3) is 0.714. The van der Waals surface area contributed by atoms with Crippen molar-refractivity contribution in [3.05, 3.63) is 18.0 Å². The van der Waals surface area contributed by atoms with E-state index in [-0.39, 0.29) is 5.91 Å². The third-order valence-corrected chi connectivity index (χ3v) is 4.48. The van der Waals surface area contributed by atoms with Crippen molar-refractivity contribution in [1.82, 2.24) is 24.9 Å². The van der Waals surface area contributed by atoms with Crippen molar-refractivity contribution in [2.75, 3.05) is 39.3 Å². The molecule has 6 heteroatoms. The summed E-state index contributed by atoms with van der Waals surface area (Å²) < 4.78 is 0. The van der Waals surface area contributed by atoms with Crippen LogP contribution in [0.5, 0.6) is 0 Å². The Hall–Kier alpha value is -1.40. The van der Waals surface area contributed by atoms with Gasteiger partial charge in [0.05, 0.1) is 0 Å². The highest BCUT2D eigenvalue weighted by Crippen LogP contribution is 2.19. The maximum atomic E-state index is 12.1. The number of nitrogens with one attached hydrogen (secondary N) is 1. The topological polar surface area (TPSA) is 55.5 Å². The van der Waals surface area contributed by atoms with Gasteiger partial charge in [0, 0.05) is 57.5 Å². The first kappa shape index (κ1) is 13.6. The molecule has 2 aliphatic rings. The Labute approximate surface area is 119 Å². The molecule has 2 fully saturated rings. The first-order valence-electron chi connectivity index (χ1n) is 7.42. The molecule has 1 aromatic rings. The van der Waals surface area contributed by atoms with Gasteiger partial charge >= 0.3 is 0 Å². The summed E-state index contributed by atoms with van der Waals surface area (Å²) in [7, 11) is 0. The molecular weight excluding hydrogens is 254 g/mol. The van der Waals surface area contributed by atoms with E-state index in [2.05, 4.69) is 33.8 Å². The number of likely N-dealkylation sites (tertiary alicyclic amines) is 1. The van der Waals surface area contributed by atoms with Gasteiger partial charge < -0.3 is 4.90 Å². The second-order valence-corrected chi connectivity index (χ2v) is 6.00. The Morgan fingerprint density at radius 2 is 2.00 bits per heavy atom. The van der Waals surface area contributed by atoms with Crippen LogP contribution in [0.25, 0.3) is 0 Å². The molecule has 0 saturated carbocycles. The average molecular weight is 277 g/mol. The number of piperazine rings is 1. The lowest BCUT2D eigenvalue weighted by Crippen LogP contribution is -2.64. The van der Waals surface area contributed by atoms with E-state index < -0.39 is 0 Å². The van der Waals surface area contributed by atoms with Gasteiger partial charge in [-0.25, -0.2) is 0 Å². The summed E-state index contributed by atoms with van der Waals surface area (Å²) in [6.07, 6.45) is 1.62. The first-order chi connectivity index (χ1) is 9.65. The molecule has 2 aliphatic heterocycles. The van der Waals surface area contributed by atoms with E-state index in [0.717, 1.165) is 39.3 Å². The zero-order valence-electron chi connectivity index (χ0n) is 12.2. The van der Waals surface area contributed by atoms with Crippen LogP contribution in [0, 0.1) is 0 Å². The number of hydrogen-bond acceptors (Lipinski definition) is 4. The van der Waals surface area contributed by atoms with Crippen molar-refractivity contribution in [3.8, 4) is 0 Å². The normalized spacial score (nSPS) is 22.2. The van der Waals surface area contributed by atoms with Crippen LogP contribution in [-0.4, -0.2) is 82.2 Å². The van der Waals surface area contributed by atoms with Gasteiger partial charge in [0.2, 0.25) is 0 Å². The number of rotatable bonds is 3. The first-order valence-corrected chi connectivity index (χ1v) is 7.42. The van der Waals surface area contributed by atoms with Gasteiger partial charge in [0.15, 0.2) is 0 Å². The predicted molar refractivity (Wildman–Crippen MR) is 76.6 cm³/mol. The van der Waals surface area contributed by atoms with Crippen LogP contribution in [-0.2, 0) is 0 Å². The van der Waals surface area contributed by atoms with Crippen LogP contribution in [0.3, 0.4) is 0 Å². The number of carbonyl (C=O) groups excluding carboxylic acids is 1. The summed E-state index contributed by atoms with van der Waals surface area (Å²) in [6.45, 7) is 10.7. The van der Waals surface area contributed by atoms with E-state index in [1.807, 2.05) is 4.90 Å². The van der Waals surface area contributed by atoms with Crippen LogP contribution >= 0.6 is 0 Å². The second-order valence-electron chi connectivity index (χ2n) is 6.00. The van der Waals surface area contributed by atoms with Gasteiger partial charge in [-0.2, -0.15) is 5.10 Å². The molecule has 1 amide bonds. The molecule has 0 radical (unpaired) electrons. The van der Waals surface area contributed by atoms with Crippen LogP contribution in [0.4, 0.5) is 0 Å². The summed E-state index contributed by atoms with van der Waals surface area (Å²) in [5.41, 5.74) is 0.591. The zero-order valence-corrected chi connectivity index (χ0v) is 12.2. The van der Waals surface area contributed by atoms with E-state index in [4.69, 9.17) is 0 Å². The van der Waals surface area contributed by atoms with Gasteiger partial charge in [-0.05, 0) is 19.9 Å². The summed E-state index contributed by atoms with van der Waals surface area (Å²) in [5, 5.41) is 6.57. The van der Waals surface area contributed by atoms with E-state index in [0.29, 0.717) is 17.8 Å². The highest BCUT2D eigenvalue weighted by molar-refractivity contribution is 5.92. The molecular formula is C14H23N5O. The van der Waals surface area contributed by atoms with E-state index in [9.17, 15) is 4.79 Å². The van der Waals surface area contributed by atoms with Gasteiger partial charge in [-0.15, -0.1) is 0 Å². The number of carbonyl (C=O) groups is 1. The quantitative estimate of drug-likeness (QED) is 0.861. The van der Waals surface area contributed by atoms with Crippen LogP contribution in [0.1, 0.15) is 24.3 Å². The Balaban J connectivity index is 1.46. The fourth-order valence-electron chi connectivity index (χ4n) is 3.02. The fourth-order valence-corrected chi connectivity index (χ4v) is 3.02. The highest BCUT2D eigenvalue weighted by atomic mass is 16.2. The third-order valence-electron chi connectivity index (χ3n) is 4.48. The maximum Gasteiger partial charge on any atom is 0.271 e. The second kappa shape index (κ2) is 5.54. The lowest BCUT2D eigenvalue weighted by atomic mass is 10.0. The van der Waals surface area contributed by atoms with Crippen molar-refractivity contribution < 1.29 is 4.79 Å². The molecule has 0 atom stereocenters. The summed E-state index contributed by atoms with van der Waals surface area (Å²) in [4.78, 5) is 19.0. The molecule has 0 spiro atoms. The smallest absolute Gasteiger partial charge is 0.271 e. The summed E-state index contributed by atoms with van der Waals surface area (Å²) >= 11 is 0. The molecule has 110 valence electrons. The molecule has 0 unspecified atom stereocenters. The summed E-state index contributed by atoms with van der Waals surface area (Å²) in [5.74, 6) is 0.0690. The Morgan fingerprint density at radius 1 is 1.30 bits per heavy atom. The van der Waals surface area contributed by atoms with Gasteiger partial charge in [-0.3, -0.25) is 19.7 Å². The Bertz CT molecular complexity index is 444. The van der Waals surface area contributed by atoms with E-state index in [1.54, 1.807) is 12.3 Å². The maximum absolute atomic E-state index is 12.1. The lowest BCUT2D eigenvalue weighted by Gasteiger charge is -2.48. The number of amides is 1. The molecule has 6 nitrogen and oxygen atoms in total. The number of nitrogens with zero attached hydrogens (tertiary/aromatic N) is 4. The van der Waals surface area contributed by atoms with E-state index in [1.165, 1.54) is 0 Å². The predicted octanol–water partition coefficient (Wildman–Crippen LogP) is 0.260. The molecule has 0 aliphatic carbocycles. The minimum Gasteiger partial charge on any atom is -0.334 e. The van der Waals surface area contributed by atoms with Gasteiger partial charge in [-0.1, -0.05) is 0 Å². The molecule has 0 aromatic carbocycles. The minimum absolute atomic E-state index is 0.0690. The highest BCUT2D eigenvalue weighted by Gasteiger charge is 2.36. The molecule has 1 N–H and O–H groups in total. The van der Waals surface area contributed by atoms with Crippen LogP contribution < -0.4 is 0 Å². The van der Waals surface area contributed by atoms with Crippen molar-refractivity contribution in [2.45, 2.75) is 25.9 Å². The zero-order chi connectivity index (χ0) is 14.1. The van der Waals surface area contributed by atoms with Crippen molar-refractivity contribution in [1.29, 1.82) is 0 Å². The number of H-pyrrole nitrogens is 1. The van der Waals surface area contributed by atoms with Crippen molar-refractivity contribution in [2.24, 2.45) is 0 Å². The standard InChI is InChI=1S/C14H23N5O/c1-11(2)17-5-7-18(8-6-17)12-9-19(10-12)14(20)13-3-4-15-16-13/h3-4,11-12H,5-10H2,1-2H3,(H,15,16). The Kier molecular flexibility index (Phi) is 3.76. The molecule has 3 rings (SSSR count). The van der Waals surface area contributed by atoms with Crippen LogP contribution in [0.2, 0.25) is 0 Å². The minimum atomic E-state index is 0.0690. The summed E-state index contributed by atoms with van der Waals surface area (Å²) in [6, 6.07) is 2.91. The van der Waals surface area contributed by atoms with Gasteiger partial charge in [0.1, 0.15) is 5.69 Å². The Morgan fingerprint density at radius 3 is 2.55 bits per heavy atom. The monoisotopic (exact) mass is 277 g/mol. The SMILES string of the molecule is CC(C)N1CCN(C2CN(C(=O)c3ccn[nH]3)C2)CC1. The van der Waals surface area contributed by atoms with E-state index >= 15 is 0 Å². The largest absolute Gasteiger partial charge is 0.334 e. The average Bonchev–Trinajstić information content (AvgIpc) is 2.91. The van der Waals surface area contributed by atoms with Gasteiger partial charge in [0.25, 0.3) is 5.91 Å². The number of aromatic amines is 1. The van der Waals surface area contributed by atoms with Crippen molar-refractivity contribution >= 4 is 5.91 Å². The molecule has 0 bridgehead atoms. The lowest BCUT2D eigenvalue weighted by molar-refractivity contribution is 0.00288. The molecule has 3 heterocycles. The number of hydrogen-bond donors (Lipinski definition) is 1. The molecule has 1 aromatic heterocycles. The molecule has 2 saturated heterocycles.